The van der Waals surface area contributed by atoms with Crippen LogP contribution in [0.25, 0.3) is 0 Å². The monoisotopic (exact) mass is 380 g/mol. The molecule has 0 spiro atoms. The highest BCUT2D eigenvalue weighted by Crippen LogP contribution is 2.32. The van der Waals surface area contributed by atoms with Gasteiger partial charge in [0.1, 0.15) is 0 Å². The quantitative estimate of drug-likeness (QED) is 0.739. The highest BCUT2D eigenvalue weighted by Gasteiger charge is 2.29. The number of nitrogens with zero attached hydrogens (tertiary/aromatic N) is 3. The Morgan fingerprint density at radius 1 is 1.11 bits per heavy atom. The van der Waals surface area contributed by atoms with Crippen molar-refractivity contribution >= 4 is 17.5 Å². The van der Waals surface area contributed by atoms with Gasteiger partial charge in [-0.25, -0.2) is 0 Å². The molecule has 3 heterocycles. The second kappa shape index (κ2) is 7.94. The number of amides is 1. The van der Waals surface area contributed by atoms with Gasteiger partial charge >= 0.3 is 0 Å². The summed E-state index contributed by atoms with van der Waals surface area (Å²) in [6.45, 7) is 2.56. The number of aromatic nitrogens is 2. The van der Waals surface area contributed by atoms with E-state index in [1.54, 1.807) is 12.4 Å². The lowest BCUT2D eigenvalue weighted by Gasteiger charge is -2.36. The zero-order chi connectivity index (χ0) is 18.6. The van der Waals surface area contributed by atoms with Gasteiger partial charge in [-0.3, -0.25) is 14.7 Å². The van der Waals surface area contributed by atoms with Crippen molar-refractivity contribution in [1.29, 1.82) is 0 Å². The third-order valence-corrected chi connectivity index (χ3v) is 5.16. The van der Waals surface area contributed by atoms with Crippen molar-refractivity contribution in [2.45, 2.75) is 19.1 Å². The summed E-state index contributed by atoms with van der Waals surface area (Å²) in [6, 6.07) is 15.9. The molecule has 0 saturated heterocycles. The first kappa shape index (κ1) is 17.8. The molecule has 5 nitrogen and oxygen atoms in total. The molecule has 1 unspecified atom stereocenters. The molecule has 1 aromatic carbocycles. The van der Waals surface area contributed by atoms with Gasteiger partial charge in [0.2, 0.25) is 5.91 Å². The highest BCUT2D eigenvalue weighted by atomic mass is 35.5. The zero-order valence-electron chi connectivity index (χ0n) is 14.9. The first-order valence-electron chi connectivity index (χ1n) is 9.01. The second-order valence-electron chi connectivity index (χ2n) is 6.68. The van der Waals surface area contributed by atoms with E-state index in [4.69, 9.17) is 11.6 Å². The number of hydrogen-bond acceptors (Lipinski definition) is 3. The number of rotatable bonds is 5. The van der Waals surface area contributed by atoms with Gasteiger partial charge in [0, 0.05) is 48.9 Å². The van der Waals surface area contributed by atoms with E-state index in [-0.39, 0.29) is 11.9 Å². The van der Waals surface area contributed by atoms with Gasteiger partial charge in [0.05, 0.1) is 12.6 Å². The van der Waals surface area contributed by atoms with Crippen LogP contribution in [0.15, 0.2) is 67.1 Å². The predicted molar refractivity (Wildman–Crippen MR) is 105 cm³/mol. The lowest BCUT2D eigenvalue weighted by Crippen LogP contribution is -2.44. The van der Waals surface area contributed by atoms with Gasteiger partial charge in [-0.15, -0.1) is 0 Å². The van der Waals surface area contributed by atoms with E-state index in [9.17, 15) is 4.79 Å². The van der Waals surface area contributed by atoms with E-state index < -0.39 is 0 Å². The summed E-state index contributed by atoms with van der Waals surface area (Å²) in [5.41, 5.74) is 3.38. The molecule has 138 valence electrons. The number of pyridine rings is 1. The maximum atomic E-state index is 12.6. The van der Waals surface area contributed by atoms with Crippen LogP contribution in [0.2, 0.25) is 5.02 Å². The maximum Gasteiger partial charge on any atom is 0.234 e. The number of hydrogen-bond donors (Lipinski definition) is 1. The topological polar surface area (TPSA) is 50.2 Å². The molecule has 1 aliphatic rings. The molecule has 3 aromatic rings. The van der Waals surface area contributed by atoms with Crippen molar-refractivity contribution in [1.82, 2.24) is 19.8 Å². The van der Waals surface area contributed by atoms with Crippen LogP contribution in [0.5, 0.6) is 0 Å². The minimum absolute atomic E-state index is 0.0192. The van der Waals surface area contributed by atoms with Crippen LogP contribution in [0.1, 0.15) is 22.9 Å². The van der Waals surface area contributed by atoms with Gasteiger partial charge in [0.15, 0.2) is 0 Å². The van der Waals surface area contributed by atoms with E-state index in [0.29, 0.717) is 18.1 Å². The standard InChI is InChI=1S/C21H21ClN4O/c22-18-5-3-17(4-6-18)21-19-2-1-11-25(19)12-13-26(21)15-20(27)24-14-16-7-9-23-10-8-16/h1-11,21H,12-15H2,(H,24,27). The fourth-order valence-corrected chi connectivity index (χ4v) is 3.70. The molecule has 0 fully saturated rings. The Morgan fingerprint density at radius 3 is 2.67 bits per heavy atom. The molecule has 1 atom stereocenters. The largest absolute Gasteiger partial charge is 0.351 e. The Balaban J connectivity index is 1.50. The van der Waals surface area contributed by atoms with Crippen molar-refractivity contribution < 1.29 is 4.79 Å². The Kier molecular flexibility index (Phi) is 5.23. The van der Waals surface area contributed by atoms with Crippen molar-refractivity contribution in [2.75, 3.05) is 13.1 Å². The van der Waals surface area contributed by atoms with Crippen LogP contribution in [-0.4, -0.2) is 33.4 Å². The maximum absolute atomic E-state index is 12.6. The van der Waals surface area contributed by atoms with Gasteiger partial charge in [-0.2, -0.15) is 0 Å². The number of fused-ring (bicyclic) bond motifs is 1. The average Bonchev–Trinajstić information content (AvgIpc) is 3.17. The summed E-state index contributed by atoms with van der Waals surface area (Å²) in [7, 11) is 0. The van der Waals surface area contributed by atoms with Crippen LogP contribution in [0.4, 0.5) is 0 Å². The molecule has 1 amide bonds. The Bertz CT molecular complexity index is 907. The lowest BCUT2D eigenvalue weighted by molar-refractivity contribution is -0.123. The summed E-state index contributed by atoms with van der Waals surface area (Å²) in [5, 5.41) is 3.72. The highest BCUT2D eigenvalue weighted by molar-refractivity contribution is 6.30. The summed E-state index contributed by atoms with van der Waals surface area (Å²) in [6.07, 6.45) is 5.56. The summed E-state index contributed by atoms with van der Waals surface area (Å²) >= 11 is 6.06. The summed E-state index contributed by atoms with van der Waals surface area (Å²) in [4.78, 5) is 18.8. The van der Waals surface area contributed by atoms with E-state index in [0.717, 1.165) is 24.2 Å². The lowest BCUT2D eigenvalue weighted by atomic mass is 10.00. The van der Waals surface area contributed by atoms with Gasteiger partial charge in [0.25, 0.3) is 0 Å². The predicted octanol–water partition coefficient (Wildman–Crippen LogP) is 3.26. The molecule has 0 bridgehead atoms. The van der Waals surface area contributed by atoms with E-state index in [1.807, 2.05) is 36.4 Å². The van der Waals surface area contributed by atoms with Gasteiger partial charge < -0.3 is 9.88 Å². The zero-order valence-corrected chi connectivity index (χ0v) is 15.6. The third kappa shape index (κ3) is 4.04. The third-order valence-electron chi connectivity index (χ3n) is 4.91. The molecule has 0 radical (unpaired) electrons. The molecule has 1 N–H and O–H groups in total. The molecule has 6 heteroatoms. The first-order chi connectivity index (χ1) is 13.2. The number of benzene rings is 1. The molecule has 27 heavy (non-hydrogen) atoms. The molecule has 1 aliphatic heterocycles. The molecule has 0 saturated carbocycles. The Hall–Kier alpha value is -2.63. The Morgan fingerprint density at radius 2 is 1.89 bits per heavy atom. The number of carbonyl (C=O) groups excluding carboxylic acids is 1. The van der Waals surface area contributed by atoms with Crippen LogP contribution >= 0.6 is 11.6 Å². The van der Waals surface area contributed by atoms with Crippen molar-refractivity contribution in [3.63, 3.8) is 0 Å². The van der Waals surface area contributed by atoms with E-state index >= 15 is 0 Å². The van der Waals surface area contributed by atoms with Gasteiger partial charge in [-0.05, 0) is 47.5 Å². The Labute approximate surface area is 163 Å². The normalized spacial score (nSPS) is 16.7. The van der Waals surface area contributed by atoms with E-state index in [2.05, 4.69) is 38.1 Å². The van der Waals surface area contributed by atoms with Gasteiger partial charge in [-0.1, -0.05) is 23.7 Å². The van der Waals surface area contributed by atoms with Crippen LogP contribution in [0.3, 0.4) is 0 Å². The van der Waals surface area contributed by atoms with Crippen molar-refractivity contribution in [2.24, 2.45) is 0 Å². The fraction of sp³-hybridized carbons (Fsp3) is 0.238. The van der Waals surface area contributed by atoms with E-state index in [1.165, 1.54) is 5.69 Å². The molecule has 0 aliphatic carbocycles. The number of nitrogens with one attached hydrogen (secondary N) is 1. The van der Waals surface area contributed by atoms with Crippen LogP contribution < -0.4 is 5.32 Å². The van der Waals surface area contributed by atoms with Crippen molar-refractivity contribution in [3.05, 3.63) is 89.0 Å². The number of carbonyl (C=O) groups is 1. The molecule has 4 rings (SSSR count). The minimum atomic E-state index is 0.0192. The first-order valence-corrected chi connectivity index (χ1v) is 9.38. The van der Waals surface area contributed by atoms with Crippen LogP contribution in [-0.2, 0) is 17.9 Å². The SMILES string of the molecule is O=C(CN1CCn2cccc2C1c1ccc(Cl)cc1)NCc1ccncc1. The molecule has 2 aromatic heterocycles. The minimum Gasteiger partial charge on any atom is -0.351 e. The summed E-state index contributed by atoms with van der Waals surface area (Å²) in [5.74, 6) is 0.0192. The van der Waals surface area contributed by atoms with Crippen molar-refractivity contribution in [3.8, 4) is 0 Å². The average molecular weight is 381 g/mol. The molecular formula is C21H21ClN4O. The fourth-order valence-electron chi connectivity index (χ4n) is 3.57. The summed E-state index contributed by atoms with van der Waals surface area (Å²) < 4.78 is 2.25. The molecular weight excluding hydrogens is 360 g/mol. The number of halogens is 1. The smallest absolute Gasteiger partial charge is 0.234 e. The van der Waals surface area contributed by atoms with Crippen LogP contribution in [0, 0.1) is 0 Å². The second-order valence-corrected chi connectivity index (χ2v) is 7.12.